The summed E-state index contributed by atoms with van der Waals surface area (Å²) in [7, 11) is 0. The molecule has 1 unspecified atom stereocenters. The Morgan fingerprint density at radius 2 is 0.677 bits per heavy atom. The minimum absolute atomic E-state index is 0.116. The third kappa shape index (κ3) is 50.7. The van der Waals surface area contributed by atoms with Gasteiger partial charge in [0.2, 0.25) is 0 Å². The molecule has 0 aliphatic carbocycles. The molecule has 0 saturated heterocycles. The number of allylic oxidation sites excluding steroid dienone is 20. The number of ether oxygens (including phenoxy) is 3. The quantitative estimate of drug-likeness (QED) is 0.0199. The molecule has 6 heteroatoms. The third-order valence-corrected chi connectivity index (χ3v) is 10.5. The lowest BCUT2D eigenvalue weighted by atomic mass is 10.1. The predicted octanol–water partition coefficient (Wildman–Crippen LogP) is 17.3. The van der Waals surface area contributed by atoms with Crippen LogP contribution < -0.4 is 0 Å². The molecule has 1 atom stereocenters. The van der Waals surface area contributed by atoms with Gasteiger partial charge in [0.25, 0.3) is 0 Å². The summed E-state index contributed by atoms with van der Waals surface area (Å²) < 4.78 is 16.7. The van der Waals surface area contributed by atoms with Crippen molar-refractivity contribution in [3.63, 3.8) is 0 Å². The lowest BCUT2D eigenvalue weighted by Gasteiger charge is -2.18. The first-order valence-corrected chi connectivity index (χ1v) is 26.1. The Morgan fingerprint density at radius 1 is 0.338 bits per heavy atom. The van der Waals surface area contributed by atoms with Crippen LogP contribution in [0.15, 0.2) is 122 Å². The SMILES string of the molecule is CC/C=C\C/C=C\C/C=C\C/C=C\C/C=C\CCC(=O)OCC(COC(=O)CCCCCCCC/C=C\C=C/CCCCC)OC(=O)CCCCCCCC/C=C\C/C=C\C/C=C\CC. The molecule has 0 radical (unpaired) electrons. The number of esters is 3. The van der Waals surface area contributed by atoms with Crippen LogP contribution in [0.25, 0.3) is 0 Å². The molecule has 65 heavy (non-hydrogen) atoms. The normalized spacial score (nSPS) is 13.1. The number of carbonyl (C=O) groups excluding carboxylic acids is 3. The Morgan fingerprint density at radius 3 is 1.12 bits per heavy atom. The van der Waals surface area contributed by atoms with E-state index < -0.39 is 6.10 Å². The smallest absolute Gasteiger partial charge is 0.306 e. The molecule has 0 aromatic rings. The minimum Gasteiger partial charge on any atom is -0.462 e. The summed E-state index contributed by atoms with van der Waals surface area (Å²) in [5, 5.41) is 0. The molecule has 0 aliphatic heterocycles. The molecule has 366 valence electrons. The van der Waals surface area contributed by atoms with Crippen LogP contribution in [-0.4, -0.2) is 37.2 Å². The van der Waals surface area contributed by atoms with Crippen molar-refractivity contribution in [2.24, 2.45) is 0 Å². The highest BCUT2D eigenvalue weighted by Crippen LogP contribution is 2.13. The molecule has 0 heterocycles. The lowest BCUT2D eigenvalue weighted by Crippen LogP contribution is -2.30. The van der Waals surface area contributed by atoms with Gasteiger partial charge < -0.3 is 14.2 Å². The fraction of sp³-hybridized carbons (Fsp3) is 0.610. The molecule has 0 rings (SSSR count). The van der Waals surface area contributed by atoms with E-state index in [-0.39, 0.29) is 37.5 Å². The zero-order valence-corrected chi connectivity index (χ0v) is 41.7. The number of hydrogen-bond acceptors (Lipinski definition) is 6. The van der Waals surface area contributed by atoms with E-state index in [2.05, 4.69) is 130 Å². The molecule has 0 aliphatic rings. The Balaban J connectivity index is 4.56. The van der Waals surface area contributed by atoms with Crippen molar-refractivity contribution in [3.8, 4) is 0 Å². The first-order valence-electron chi connectivity index (χ1n) is 26.1. The average molecular weight is 899 g/mol. The van der Waals surface area contributed by atoms with Gasteiger partial charge in [-0.25, -0.2) is 0 Å². The van der Waals surface area contributed by atoms with Gasteiger partial charge >= 0.3 is 17.9 Å². The van der Waals surface area contributed by atoms with Crippen molar-refractivity contribution in [1.82, 2.24) is 0 Å². The van der Waals surface area contributed by atoms with Crippen molar-refractivity contribution < 1.29 is 28.6 Å². The van der Waals surface area contributed by atoms with Gasteiger partial charge in [-0.2, -0.15) is 0 Å². The van der Waals surface area contributed by atoms with E-state index in [1.165, 1.54) is 51.4 Å². The van der Waals surface area contributed by atoms with Gasteiger partial charge in [0.15, 0.2) is 6.10 Å². The molecule has 0 aromatic heterocycles. The molecule has 6 nitrogen and oxygen atoms in total. The Kier molecular flexibility index (Phi) is 49.1. The molecule has 0 saturated carbocycles. The number of carbonyl (C=O) groups is 3. The highest BCUT2D eigenvalue weighted by molar-refractivity contribution is 5.71. The fourth-order valence-electron chi connectivity index (χ4n) is 6.61. The van der Waals surface area contributed by atoms with Crippen LogP contribution in [0.1, 0.15) is 213 Å². The Hall–Kier alpha value is -4.19. The summed E-state index contributed by atoms with van der Waals surface area (Å²) >= 11 is 0. The molecule has 0 bridgehead atoms. The molecular formula is C59H94O6. The maximum absolute atomic E-state index is 12.8. The summed E-state index contributed by atoms with van der Waals surface area (Å²) in [5.74, 6) is -1.03. The van der Waals surface area contributed by atoms with E-state index in [0.29, 0.717) is 19.3 Å². The lowest BCUT2D eigenvalue weighted by molar-refractivity contribution is -0.166. The monoisotopic (exact) mass is 899 g/mol. The maximum atomic E-state index is 12.8. The van der Waals surface area contributed by atoms with E-state index in [1.54, 1.807) is 0 Å². The zero-order chi connectivity index (χ0) is 47.2. The summed E-state index contributed by atoms with van der Waals surface area (Å²) in [6.45, 7) is 6.28. The van der Waals surface area contributed by atoms with Crippen LogP contribution in [0.4, 0.5) is 0 Å². The second-order valence-electron chi connectivity index (χ2n) is 16.7. The van der Waals surface area contributed by atoms with Gasteiger partial charge in [0.1, 0.15) is 13.2 Å². The second-order valence-corrected chi connectivity index (χ2v) is 16.7. The standard InChI is InChI=1S/C59H94O6/c1-4-7-10-13-16-19-22-25-28-31-34-37-40-43-46-49-52-58(61)64-55-56(54-63-57(60)51-48-45-42-39-36-33-30-27-24-21-18-15-12-9-6-3)65-59(62)53-50-47-44-41-38-35-32-29-26-23-20-17-14-11-8-5-2/h7-8,10-11,16-21,24-29,34,37,43,46,56H,4-6,9,12-15,22-23,30-33,35-36,38-42,44-45,47-55H2,1-3H3/b10-7-,11-8-,19-16-,20-17-,21-18-,27-24-,28-25-,29-26-,37-34-,46-43-. The Bertz CT molecular complexity index is 1400. The van der Waals surface area contributed by atoms with E-state index in [0.717, 1.165) is 116 Å². The molecule has 0 N–H and O–H groups in total. The van der Waals surface area contributed by atoms with Crippen molar-refractivity contribution >= 4 is 17.9 Å². The minimum atomic E-state index is -0.823. The summed E-state index contributed by atoms with van der Waals surface area (Å²) in [4.78, 5) is 38.0. The maximum Gasteiger partial charge on any atom is 0.306 e. The van der Waals surface area contributed by atoms with E-state index in [9.17, 15) is 14.4 Å². The predicted molar refractivity (Wildman–Crippen MR) is 279 cm³/mol. The number of hydrogen-bond donors (Lipinski definition) is 0. The van der Waals surface area contributed by atoms with Gasteiger partial charge in [-0.3, -0.25) is 14.4 Å². The van der Waals surface area contributed by atoms with Gasteiger partial charge in [-0.1, -0.05) is 206 Å². The van der Waals surface area contributed by atoms with Gasteiger partial charge in [-0.15, -0.1) is 0 Å². The van der Waals surface area contributed by atoms with Gasteiger partial charge in [0, 0.05) is 19.3 Å². The number of rotatable bonds is 45. The van der Waals surface area contributed by atoms with Crippen molar-refractivity contribution in [1.29, 1.82) is 0 Å². The molecule has 0 amide bonds. The van der Waals surface area contributed by atoms with Crippen LogP contribution in [0.2, 0.25) is 0 Å². The second kappa shape index (κ2) is 52.4. The molecular weight excluding hydrogens is 805 g/mol. The van der Waals surface area contributed by atoms with Crippen LogP contribution in [0.3, 0.4) is 0 Å². The zero-order valence-electron chi connectivity index (χ0n) is 41.7. The van der Waals surface area contributed by atoms with E-state index in [4.69, 9.17) is 14.2 Å². The third-order valence-electron chi connectivity index (χ3n) is 10.5. The first kappa shape index (κ1) is 60.8. The largest absolute Gasteiger partial charge is 0.462 e. The highest BCUT2D eigenvalue weighted by Gasteiger charge is 2.19. The van der Waals surface area contributed by atoms with Crippen LogP contribution in [-0.2, 0) is 28.6 Å². The molecule has 0 aromatic carbocycles. The molecule has 0 fully saturated rings. The van der Waals surface area contributed by atoms with Crippen LogP contribution >= 0.6 is 0 Å². The topological polar surface area (TPSA) is 78.9 Å². The highest BCUT2D eigenvalue weighted by atomic mass is 16.6. The Labute approximate surface area is 399 Å². The molecule has 0 spiro atoms. The summed E-state index contributed by atoms with van der Waals surface area (Å²) in [6.07, 6.45) is 71.9. The van der Waals surface area contributed by atoms with Crippen molar-refractivity contribution in [2.45, 2.75) is 219 Å². The van der Waals surface area contributed by atoms with Crippen molar-refractivity contribution in [3.05, 3.63) is 122 Å². The van der Waals surface area contributed by atoms with Crippen LogP contribution in [0.5, 0.6) is 0 Å². The van der Waals surface area contributed by atoms with Crippen molar-refractivity contribution in [2.75, 3.05) is 13.2 Å². The average Bonchev–Trinajstić information content (AvgIpc) is 3.30. The summed E-state index contributed by atoms with van der Waals surface area (Å²) in [5.41, 5.74) is 0. The van der Waals surface area contributed by atoms with Gasteiger partial charge in [0.05, 0.1) is 0 Å². The summed E-state index contributed by atoms with van der Waals surface area (Å²) in [6, 6.07) is 0. The van der Waals surface area contributed by atoms with E-state index in [1.807, 2.05) is 12.2 Å². The van der Waals surface area contributed by atoms with Crippen LogP contribution in [0, 0.1) is 0 Å². The number of unbranched alkanes of at least 4 members (excludes halogenated alkanes) is 15. The van der Waals surface area contributed by atoms with E-state index >= 15 is 0 Å². The van der Waals surface area contributed by atoms with Gasteiger partial charge in [-0.05, 0) is 109 Å². The fourth-order valence-corrected chi connectivity index (χ4v) is 6.61. The first-order chi connectivity index (χ1) is 32.0.